The molecule has 21 heavy (non-hydrogen) atoms. The van der Waals surface area contributed by atoms with E-state index >= 15 is 0 Å². The van der Waals surface area contributed by atoms with Gasteiger partial charge in [-0.05, 0) is 24.6 Å². The lowest BCUT2D eigenvalue weighted by molar-refractivity contribution is -0.116. The van der Waals surface area contributed by atoms with E-state index in [2.05, 4.69) is 10.3 Å². The smallest absolute Gasteiger partial charge is 0.226 e. The molecule has 0 atom stereocenters. The molecule has 1 heterocycles. The molecule has 114 valence electrons. The number of anilines is 1. The van der Waals surface area contributed by atoms with Crippen molar-refractivity contribution in [3.05, 3.63) is 18.2 Å². The minimum absolute atomic E-state index is 0.0636. The number of halogens is 1. The maximum atomic E-state index is 11.6. The van der Waals surface area contributed by atoms with E-state index < -0.39 is 0 Å². The van der Waals surface area contributed by atoms with Gasteiger partial charge in [0.15, 0.2) is 5.13 Å². The van der Waals surface area contributed by atoms with Crippen molar-refractivity contribution in [2.75, 3.05) is 31.5 Å². The Morgan fingerprint density at radius 1 is 1.43 bits per heavy atom. The van der Waals surface area contributed by atoms with Crippen molar-refractivity contribution >= 4 is 44.2 Å². The second-order valence-corrected chi connectivity index (χ2v) is 5.74. The summed E-state index contributed by atoms with van der Waals surface area (Å²) < 4.78 is 11.5. The number of methoxy groups -OCH3 is 1. The fourth-order valence-electron chi connectivity index (χ4n) is 1.70. The third-order valence-corrected chi connectivity index (χ3v) is 3.90. The lowest BCUT2D eigenvalue weighted by Gasteiger charge is -2.04. The Morgan fingerprint density at radius 2 is 2.29 bits per heavy atom. The van der Waals surface area contributed by atoms with E-state index in [1.165, 1.54) is 11.3 Å². The van der Waals surface area contributed by atoms with Crippen LogP contribution in [0.5, 0.6) is 5.75 Å². The zero-order chi connectivity index (χ0) is 15.1. The van der Waals surface area contributed by atoms with Gasteiger partial charge >= 0.3 is 0 Å². The summed E-state index contributed by atoms with van der Waals surface area (Å²) in [5.41, 5.74) is 0.840. The molecule has 5 nitrogen and oxygen atoms in total. The van der Waals surface area contributed by atoms with Gasteiger partial charge in [0.05, 0.1) is 16.8 Å². The molecule has 1 aromatic heterocycles. The molecule has 0 aliphatic heterocycles. The van der Waals surface area contributed by atoms with E-state index in [0.717, 1.165) is 16.0 Å². The van der Waals surface area contributed by atoms with Crippen molar-refractivity contribution in [3.63, 3.8) is 0 Å². The molecule has 0 unspecified atom stereocenters. The van der Waals surface area contributed by atoms with Gasteiger partial charge in [0, 0.05) is 19.4 Å². The largest absolute Gasteiger partial charge is 0.491 e. The molecule has 2 rings (SSSR count). The Labute approximate surface area is 132 Å². The summed E-state index contributed by atoms with van der Waals surface area (Å²) in [7, 11) is 1.63. The standard InChI is InChI=1S/C14H17ClN2O3S/c1-19-7-8-20-10-4-5-11-12(9-10)21-14(16-11)17-13(18)3-2-6-15/h4-5,9H,2-3,6-8H2,1H3,(H,16,17,18). The highest BCUT2D eigenvalue weighted by atomic mass is 35.5. The molecule has 1 aromatic carbocycles. The maximum Gasteiger partial charge on any atom is 0.226 e. The number of carbonyl (C=O) groups excluding carboxylic acids is 1. The number of fused-ring (bicyclic) bond motifs is 1. The Bertz CT molecular complexity index is 603. The van der Waals surface area contributed by atoms with E-state index in [1.54, 1.807) is 7.11 Å². The van der Waals surface area contributed by atoms with Crippen LogP contribution in [0, 0.1) is 0 Å². The summed E-state index contributed by atoms with van der Waals surface area (Å²) in [6.45, 7) is 1.05. The average molecular weight is 329 g/mol. The molecule has 1 N–H and O–H groups in total. The van der Waals surface area contributed by atoms with Crippen molar-refractivity contribution in [2.45, 2.75) is 12.8 Å². The molecule has 0 bridgehead atoms. The lowest BCUT2D eigenvalue weighted by atomic mass is 10.3. The minimum Gasteiger partial charge on any atom is -0.491 e. The van der Waals surface area contributed by atoms with E-state index in [4.69, 9.17) is 21.1 Å². The number of hydrogen-bond donors (Lipinski definition) is 1. The molecule has 0 saturated heterocycles. The number of nitrogens with one attached hydrogen (secondary N) is 1. The number of thiazole rings is 1. The molecule has 0 fully saturated rings. The first kappa shape index (κ1) is 16.0. The second kappa shape index (κ2) is 8.17. The molecular formula is C14H17ClN2O3S. The predicted molar refractivity (Wildman–Crippen MR) is 85.6 cm³/mol. The summed E-state index contributed by atoms with van der Waals surface area (Å²) >= 11 is 6.99. The molecule has 0 aliphatic rings. The van der Waals surface area contributed by atoms with Crippen LogP contribution >= 0.6 is 22.9 Å². The number of aromatic nitrogens is 1. The molecule has 1 amide bonds. The monoisotopic (exact) mass is 328 g/mol. The first-order valence-corrected chi connectivity index (χ1v) is 7.96. The fraction of sp³-hybridized carbons (Fsp3) is 0.429. The van der Waals surface area contributed by atoms with Gasteiger partial charge in [0.1, 0.15) is 12.4 Å². The van der Waals surface area contributed by atoms with Crippen molar-refractivity contribution in [1.82, 2.24) is 4.98 Å². The zero-order valence-corrected chi connectivity index (χ0v) is 13.3. The molecule has 0 aliphatic carbocycles. The number of alkyl halides is 1. The van der Waals surface area contributed by atoms with Gasteiger partial charge in [-0.1, -0.05) is 11.3 Å². The van der Waals surface area contributed by atoms with E-state index in [9.17, 15) is 4.79 Å². The molecule has 0 radical (unpaired) electrons. The van der Waals surface area contributed by atoms with Crippen molar-refractivity contribution in [3.8, 4) is 5.75 Å². The third-order valence-electron chi connectivity index (χ3n) is 2.70. The summed E-state index contributed by atoms with van der Waals surface area (Å²) in [6.07, 6.45) is 1.07. The van der Waals surface area contributed by atoms with Gasteiger partial charge in [-0.15, -0.1) is 11.6 Å². The summed E-state index contributed by atoms with van der Waals surface area (Å²) in [4.78, 5) is 16.0. The number of carbonyl (C=O) groups is 1. The van der Waals surface area contributed by atoms with Gasteiger partial charge in [-0.2, -0.15) is 0 Å². The quantitative estimate of drug-likeness (QED) is 0.596. The highest BCUT2D eigenvalue weighted by molar-refractivity contribution is 7.22. The van der Waals surface area contributed by atoms with Gasteiger partial charge in [0.25, 0.3) is 0 Å². The van der Waals surface area contributed by atoms with Gasteiger partial charge in [-0.3, -0.25) is 4.79 Å². The van der Waals surface area contributed by atoms with Crippen LogP contribution in [0.3, 0.4) is 0 Å². The number of hydrogen-bond acceptors (Lipinski definition) is 5. The van der Waals surface area contributed by atoms with Crippen LogP contribution < -0.4 is 10.1 Å². The highest BCUT2D eigenvalue weighted by Gasteiger charge is 2.08. The topological polar surface area (TPSA) is 60.5 Å². The van der Waals surface area contributed by atoms with Crippen LogP contribution in [0.25, 0.3) is 10.2 Å². The van der Waals surface area contributed by atoms with Gasteiger partial charge in [0.2, 0.25) is 5.91 Å². The van der Waals surface area contributed by atoms with Crippen LogP contribution in [-0.2, 0) is 9.53 Å². The Hall–Kier alpha value is -1.37. The molecule has 2 aromatic rings. The Morgan fingerprint density at radius 3 is 3.05 bits per heavy atom. The van der Waals surface area contributed by atoms with Crippen LogP contribution in [-0.4, -0.2) is 37.1 Å². The van der Waals surface area contributed by atoms with E-state index in [0.29, 0.717) is 37.1 Å². The SMILES string of the molecule is COCCOc1ccc2nc(NC(=O)CCCCl)sc2c1. The Kier molecular flexibility index (Phi) is 6.22. The second-order valence-electron chi connectivity index (χ2n) is 4.33. The number of rotatable bonds is 8. The van der Waals surface area contributed by atoms with Crippen LogP contribution in [0.15, 0.2) is 18.2 Å². The number of amides is 1. The van der Waals surface area contributed by atoms with Crippen molar-refractivity contribution in [2.24, 2.45) is 0 Å². The van der Waals surface area contributed by atoms with Crippen LogP contribution in [0.4, 0.5) is 5.13 Å². The summed E-state index contributed by atoms with van der Waals surface area (Å²) in [5, 5.41) is 3.38. The lowest BCUT2D eigenvalue weighted by Crippen LogP contribution is -2.10. The third kappa shape index (κ3) is 4.84. The maximum absolute atomic E-state index is 11.6. The van der Waals surface area contributed by atoms with E-state index in [-0.39, 0.29) is 5.91 Å². The van der Waals surface area contributed by atoms with Gasteiger partial charge in [-0.25, -0.2) is 4.98 Å². The normalized spacial score (nSPS) is 10.8. The number of ether oxygens (including phenoxy) is 2. The van der Waals surface area contributed by atoms with Crippen molar-refractivity contribution < 1.29 is 14.3 Å². The van der Waals surface area contributed by atoms with Crippen LogP contribution in [0.1, 0.15) is 12.8 Å². The molecule has 0 saturated carbocycles. The molecule has 0 spiro atoms. The van der Waals surface area contributed by atoms with E-state index in [1.807, 2.05) is 18.2 Å². The van der Waals surface area contributed by atoms with Gasteiger partial charge < -0.3 is 14.8 Å². The summed E-state index contributed by atoms with van der Waals surface area (Å²) in [6, 6.07) is 5.65. The van der Waals surface area contributed by atoms with Crippen molar-refractivity contribution in [1.29, 1.82) is 0 Å². The summed E-state index contributed by atoms with van der Waals surface area (Å²) in [5.74, 6) is 1.18. The molecule has 7 heteroatoms. The average Bonchev–Trinajstić information content (AvgIpc) is 2.86. The number of benzene rings is 1. The highest BCUT2D eigenvalue weighted by Crippen LogP contribution is 2.29. The Balaban J connectivity index is 2.01. The first-order chi connectivity index (χ1) is 10.2. The predicted octanol–water partition coefficient (Wildman–Crippen LogP) is 3.28. The minimum atomic E-state index is -0.0636. The van der Waals surface area contributed by atoms with Crippen LogP contribution in [0.2, 0.25) is 0 Å². The molecular weight excluding hydrogens is 312 g/mol. The fourth-order valence-corrected chi connectivity index (χ4v) is 2.74. The number of nitrogens with zero attached hydrogens (tertiary/aromatic N) is 1. The zero-order valence-electron chi connectivity index (χ0n) is 11.7. The first-order valence-electron chi connectivity index (χ1n) is 6.61.